The second-order valence-electron chi connectivity index (χ2n) is 7.02. The first-order chi connectivity index (χ1) is 10.7. The fourth-order valence-electron chi connectivity index (χ4n) is 3.71. The van der Waals surface area contributed by atoms with E-state index < -0.39 is 21.4 Å². The lowest BCUT2D eigenvalue weighted by Crippen LogP contribution is -2.47. The highest BCUT2D eigenvalue weighted by Gasteiger charge is 2.41. The number of nitrogens with zero attached hydrogens (tertiary/aromatic N) is 1. The maximum atomic E-state index is 13.9. The van der Waals surface area contributed by atoms with Crippen LogP contribution in [0, 0.1) is 5.82 Å². The van der Waals surface area contributed by atoms with Gasteiger partial charge in [-0.05, 0) is 45.2 Å². The zero-order chi connectivity index (χ0) is 16.8. The van der Waals surface area contributed by atoms with Gasteiger partial charge >= 0.3 is 0 Å². The van der Waals surface area contributed by atoms with Crippen LogP contribution in [0.3, 0.4) is 0 Å². The fraction of sp³-hybridized carbons (Fsp3) is 0.588. The van der Waals surface area contributed by atoms with E-state index in [0.717, 1.165) is 25.7 Å². The first kappa shape index (κ1) is 16.6. The molecule has 0 saturated carbocycles. The summed E-state index contributed by atoms with van der Waals surface area (Å²) in [6, 6.07) is 2.43. The Hall–Kier alpha value is -1.27. The average Bonchev–Trinajstić information content (AvgIpc) is 2.75. The lowest BCUT2D eigenvalue weighted by atomic mass is 9.99. The smallest absolute Gasteiger partial charge is 0.244 e. The maximum absolute atomic E-state index is 13.9. The number of carbonyl (C=O) groups excluding carboxylic acids is 1. The summed E-state index contributed by atoms with van der Waals surface area (Å²) in [5, 5.41) is 0. The van der Waals surface area contributed by atoms with Crippen LogP contribution in [0.2, 0.25) is 0 Å². The number of Topliss-reactive ketones (excluding diaryl/α,β-unsaturated/α-hetero) is 1. The number of sulfonamides is 1. The molecule has 0 aromatic heterocycles. The highest BCUT2D eigenvalue weighted by Crippen LogP contribution is 2.36. The van der Waals surface area contributed by atoms with Gasteiger partial charge in [0, 0.05) is 29.6 Å². The zero-order valence-electron chi connectivity index (χ0n) is 13.6. The van der Waals surface area contributed by atoms with Crippen LogP contribution < -0.4 is 0 Å². The minimum absolute atomic E-state index is 0.0219. The first-order valence-corrected chi connectivity index (χ1v) is 9.56. The maximum Gasteiger partial charge on any atom is 0.244 e. The Kier molecular flexibility index (Phi) is 4.09. The number of ketones is 1. The molecule has 3 rings (SSSR count). The van der Waals surface area contributed by atoms with Gasteiger partial charge in [0.25, 0.3) is 0 Å². The molecule has 1 aromatic carbocycles. The van der Waals surface area contributed by atoms with Crippen molar-refractivity contribution < 1.29 is 17.6 Å². The number of hydrogen-bond acceptors (Lipinski definition) is 3. The van der Waals surface area contributed by atoms with Crippen molar-refractivity contribution in [2.75, 3.05) is 6.54 Å². The quantitative estimate of drug-likeness (QED) is 0.831. The van der Waals surface area contributed by atoms with Crippen LogP contribution in [0.5, 0.6) is 0 Å². The van der Waals surface area contributed by atoms with Crippen LogP contribution in [0.1, 0.15) is 61.9 Å². The number of benzene rings is 1. The summed E-state index contributed by atoms with van der Waals surface area (Å²) in [5.74, 6) is -0.759. The Morgan fingerprint density at radius 2 is 1.87 bits per heavy atom. The van der Waals surface area contributed by atoms with Crippen LogP contribution in [-0.4, -0.2) is 30.6 Å². The predicted molar refractivity (Wildman–Crippen MR) is 85.5 cm³/mol. The molecule has 1 fully saturated rings. The molecule has 126 valence electrons. The second kappa shape index (κ2) is 5.67. The molecular formula is C17H22FNO3S. The van der Waals surface area contributed by atoms with Crippen LogP contribution in [0.25, 0.3) is 0 Å². The normalized spacial score (nSPS) is 22.0. The lowest BCUT2D eigenvalue weighted by Gasteiger charge is -2.36. The number of rotatable bonds is 2. The second-order valence-corrected chi connectivity index (χ2v) is 8.85. The van der Waals surface area contributed by atoms with E-state index in [9.17, 15) is 17.6 Å². The lowest BCUT2D eigenvalue weighted by molar-refractivity contribution is 0.0991. The van der Waals surface area contributed by atoms with Crippen LogP contribution in [0.4, 0.5) is 4.39 Å². The Morgan fingerprint density at radius 1 is 1.13 bits per heavy atom. The molecule has 0 spiro atoms. The molecule has 0 unspecified atom stereocenters. The third-order valence-corrected chi connectivity index (χ3v) is 7.14. The van der Waals surface area contributed by atoms with Crippen LogP contribution >= 0.6 is 0 Å². The standard InChI is InChI=1S/C17H22FNO3S/c1-17(2)10-4-3-5-11-19(17)23(21,22)15-9-7-13(18)12-6-8-14(20)16(12)15/h7,9H,3-6,8,10-11H2,1-2H3. The van der Waals surface area contributed by atoms with E-state index in [1.165, 1.54) is 16.4 Å². The molecule has 0 radical (unpaired) electrons. The number of fused-ring (bicyclic) bond motifs is 1. The molecule has 1 aliphatic heterocycles. The van der Waals surface area contributed by atoms with Crippen molar-refractivity contribution in [3.05, 3.63) is 29.1 Å². The summed E-state index contributed by atoms with van der Waals surface area (Å²) in [4.78, 5) is 12.1. The predicted octanol–water partition coefficient (Wildman–Crippen LogP) is 3.30. The van der Waals surface area contributed by atoms with Gasteiger partial charge < -0.3 is 0 Å². The molecule has 0 N–H and O–H groups in total. The zero-order valence-corrected chi connectivity index (χ0v) is 14.4. The summed E-state index contributed by atoms with van der Waals surface area (Å²) in [7, 11) is -3.82. The molecule has 0 amide bonds. The van der Waals surface area contributed by atoms with Gasteiger partial charge in [-0.2, -0.15) is 4.31 Å². The fourth-order valence-corrected chi connectivity index (χ4v) is 5.79. The Labute approximate surface area is 136 Å². The van der Waals surface area contributed by atoms with Crippen molar-refractivity contribution in [3.63, 3.8) is 0 Å². The molecule has 6 heteroatoms. The number of hydrogen-bond donors (Lipinski definition) is 0. The Bertz CT molecular complexity index is 755. The molecule has 0 atom stereocenters. The minimum Gasteiger partial charge on any atom is -0.294 e. The SMILES string of the molecule is CC1(C)CCCCCN1S(=O)(=O)c1ccc(F)c2c1C(=O)CC2. The largest absolute Gasteiger partial charge is 0.294 e. The number of carbonyl (C=O) groups is 1. The summed E-state index contributed by atoms with van der Waals surface area (Å²) in [5.41, 5.74) is -0.174. The average molecular weight is 339 g/mol. The summed E-state index contributed by atoms with van der Waals surface area (Å²) < 4.78 is 41.9. The highest BCUT2D eigenvalue weighted by atomic mass is 32.2. The third-order valence-electron chi connectivity index (χ3n) is 4.99. The summed E-state index contributed by atoms with van der Waals surface area (Å²) >= 11 is 0. The minimum atomic E-state index is -3.82. The monoisotopic (exact) mass is 339 g/mol. The Morgan fingerprint density at radius 3 is 2.61 bits per heavy atom. The molecule has 1 saturated heterocycles. The van der Waals surface area contributed by atoms with E-state index in [1.54, 1.807) is 0 Å². The van der Waals surface area contributed by atoms with Gasteiger partial charge in [0.15, 0.2) is 5.78 Å². The van der Waals surface area contributed by atoms with Crippen molar-refractivity contribution in [1.82, 2.24) is 4.31 Å². The first-order valence-electron chi connectivity index (χ1n) is 8.12. The summed E-state index contributed by atoms with van der Waals surface area (Å²) in [6.07, 6.45) is 4.04. The van der Waals surface area contributed by atoms with Crippen LogP contribution in [-0.2, 0) is 16.4 Å². The van der Waals surface area contributed by atoms with E-state index in [2.05, 4.69) is 0 Å². The van der Waals surface area contributed by atoms with Crippen molar-refractivity contribution in [3.8, 4) is 0 Å². The molecule has 1 aliphatic carbocycles. The van der Waals surface area contributed by atoms with Gasteiger partial charge in [-0.25, -0.2) is 12.8 Å². The van der Waals surface area contributed by atoms with Gasteiger partial charge in [0.05, 0.1) is 4.90 Å². The third kappa shape index (κ3) is 2.72. The molecule has 1 heterocycles. The molecular weight excluding hydrogens is 317 g/mol. The molecule has 2 aliphatic rings. The van der Waals surface area contributed by atoms with Gasteiger partial charge in [-0.1, -0.05) is 12.8 Å². The van der Waals surface area contributed by atoms with E-state index in [0.29, 0.717) is 6.54 Å². The van der Waals surface area contributed by atoms with E-state index in [4.69, 9.17) is 0 Å². The van der Waals surface area contributed by atoms with E-state index in [-0.39, 0.29) is 34.6 Å². The van der Waals surface area contributed by atoms with Gasteiger partial charge in [0.1, 0.15) is 5.82 Å². The van der Waals surface area contributed by atoms with Crippen molar-refractivity contribution in [1.29, 1.82) is 0 Å². The molecule has 0 bridgehead atoms. The van der Waals surface area contributed by atoms with Crippen molar-refractivity contribution in [2.45, 2.75) is 62.8 Å². The topological polar surface area (TPSA) is 54.5 Å². The molecule has 4 nitrogen and oxygen atoms in total. The van der Waals surface area contributed by atoms with Crippen molar-refractivity contribution in [2.24, 2.45) is 0 Å². The van der Waals surface area contributed by atoms with Gasteiger partial charge in [0.2, 0.25) is 10.0 Å². The number of halogens is 1. The molecule has 1 aromatic rings. The van der Waals surface area contributed by atoms with Crippen molar-refractivity contribution >= 4 is 15.8 Å². The van der Waals surface area contributed by atoms with Crippen LogP contribution in [0.15, 0.2) is 17.0 Å². The summed E-state index contributed by atoms with van der Waals surface area (Å²) in [6.45, 7) is 4.28. The Balaban J connectivity index is 2.14. The van der Waals surface area contributed by atoms with Gasteiger partial charge in [-0.3, -0.25) is 4.79 Å². The van der Waals surface area contributed by atoms with Gasteiger partial charge in [-0.15, -0.1) is 0 Å². The van der Waals surface area contributed by atoms with E-state index in [1.807, 2.05) is 13.8 Å². The highest BCUT2D eigenvalue weighted by molar-refractivity contribution is 7.89. The molecule has 23 heavy (non-hydrogen) atoms. The van der Waals surface area contributed by atoms with E-state index >= 15 is 0 Å².